The molecule has 4 nitrogen and oxygen atoms in total. The average molecular weight is 277 g/mol. The van der Waals surface area contributed by atoms with E-state index < -0.39 is 17.4 Å². The van der Waals surface area contributed by atoms with E-state index >= 15 is 0 Å². The van der Waals surface area contributed by atoms with Gasteiger partial charge in [0.2, 0.25) is 0 Å². The van der Waals surface area contributed by atoms with E-state index in [0.29, 0.717) is 19.5 Å². The van der Waals surface area contributed by atoms with Crippen LogP contribution < -0.4 is 0 Å². The van der Waals surface area contributed by atoms with Gasteiger partial charge in [0.1, 0.15) is 12.3 Å². The minimum absolute atomic E-state index is 0.340. The number of nitrogens with zero attached hydrogens (tertiary/aromatic N) is 1. The molecule has 20 heavy (non-hydrogen) atoms. The van der Waals surface area contributed by atoms with Crippen molar-refractivity contribution in [2.45, 2.75) is 39.8 Å². The lowest BCUT2D eigenvalue weighted by Crippen LogP contribution is -2.49. The summed E-state index contributed by atoms with van der Waals surface area (Å²) in [4.78, 5) is 24.1. The fraction of sp³-hybridized carbons (Fsp3) is 0.500. The van der Waals surface area contributed by atoms with E-state index in [0.717, 1.165) is 11.8 Å². The third-order valence-electron chi connectivity index (χ3n) is 3.18. The lowest BCUT2D eigenvalue weighted by atomic mass is 9.85. The van der Waals surface area contributed by atoms with E-state index in [2.05, 4.69) is 0 Å². The van der Waals surface area contributed by atoms with Gasteiger partial charge in [0.05, 0.1) is 0 Å². The quantitative estimate of drug-likeness (QED) is 0.778. The van der Waals surface area contributed by atoms with E-state index in [-0.39, 0.29) is 0 Å². The van der Waals surface area contributed by atoms with Crippen molar-refractivity contribution < 1.29 is 14.7 Å². The standard InChI is InChI=1S/C16H23NO3/c1-16(2,3)14(15(19)20)17(10-7-11-18)12-13-8-5-4-6-9-13/h4-6,8-9,11,14H,7,10,12H2,1-3H3,(H,19,20)/t14-/m1/s1. The van der Waals surface area contributed by atoms with E-state index in [1.165, 1.54) is 0 Å². The van der Waals surface area contributed by atoms with Crippen molar-refractivity contribution in [3.63, 3.8) is 0 Å². The summed E-state index contributed by atoms with van der Waals surface area (Å²) in [6.45, 7) is 6.70. The van der Waals surface area contributed by atoms with Crippen molar-refractivity contribution in [2.75, 3.05) is 6.54 Å². The number of hydrogen-bond acceptors (Lipinski definition) is 3. The largest absolute Gasteiger partial charge is 0.480 e. The lowest BCUT2D eigenvalue weighted by Gasteiger charge is -2.37. The number of hydrogen-bond donors (Lipinski definition) is 1. The van der Waals surface area contributed by atoms with Crippen LogP contribution in [-0.2, 0) is 16.1 Å². The first kappa shape index (κ1) is 16.4. The highest BCUT2D eigenvalue weighted by Gasteiger charge is 2.36. The van der Waals surface area contributed by atoms with Gasteiger partial charge in [-0.15, -0.1) is 0 Å². The van der Waals surface area contributed by atoms with Gasteiger partial charge in [0, 0.05) is 19.5 Å². The number of rotatable bonds is 7. The summed E-state index contributed by atoms with van der Waals surface area (Å²) in [6.07, 6.45) is 1.17. The first-order valence-corrected chi connectivity index (χ1v) is 6.80. The Morgan fingerprint density at radius 3 is 2.35 bits per heavy atom. The van der Waals surface area contributed by atoms with E-state index in [1.54, 1.807) is 0 Å². The van der Waals surface area contributed by atoms with Crippen molar-refractivity contribution in [2.24, 2.45) is 5.41 Å². The Bertz CT molecular complexity index is 437. The number of aldehydes is 1. The molecule has 0 aliphatic carbocycles. The number of carbonyl (C=O) groups is 2. The number of carboxylic acid groups (broad SMARTS) is 1. The molecule has 0 heterocycles. The summed E-state index contributed by atoms with van der Waals surface area (Å²) >= 11 is 0. The van der Waals surface area contributed by atoms with Crippen LogP contribution >= 0.6 is 0 Å². The zero-order chi connectivity index (χ0) is 15.2. The second kappa shape index (κ2) is 7.20. The SMILES string of the molecule is CC(C)(C)[C@@H](C(=O)O)N(CCC=O)Cc1ccccc1. The predicted octanol–water partition coefficient (Wildman–Crippen LogP) is 2.58. The normalized spacial score (nSPS) is 13.2. The zero-order valence-electron chi connectivity index (χ0n) is 12.4. The number of aliphatic carboxylic acids is 1. The Kier molecular flexibility index (Phi) is 5.89. The maximum atomic E-state index is 11.6. The second-order valence-electron chi connectivity index (χ2n) is 6.02. The molecule has 1 atom stereocenters. The van der Waals surface area contributed by atoms with E-state index in [1.807, 2.05) is 56.0 Å². The molecular formula is C16H23NO3. The minimum Gasteiger partial charge on any atom is -0.480 e. The average Bonchev–Trinajstić information content (AvgIpc) is 2.35. The van der Waals surface area contributed by atoms with E-state index in [4.69, 9.17) is 0 Å². The van der Waals surface area contributed by atoms with Crippen LogP contribution in [0.3, 0.4) is 0 Å². The van der Waals surface area contributed by atoms with Crippen LogP contribution in [0.15, 0.2) is 30.3 Å². The van der Waals surface area contributed by atoms with Gasteiger partial charge >= 0.3 is 5.97 Å². The predicted molar refractivity (Wildman–Crippen MR) is 78.4 cm³/mol. The van der Waals surface area contributed by atoms with Crippen LogP contribution in [0.5, 0.6) is 0 Å². The van der Waals surface area contributed by atoms with Crippen molar-refractivity contribution in [3.8, 4) is 0 Å². The third-order valence-corrected chi connectivity index (χ3v) is 3.18. The lowest BCUT2D eigenvalue weighted by molar-refractivity contribution is -0.148. The van der Waals surface area contributed by atoms with Crippen LogP contribution in [-0.4, -0.2) is 34.8 Å². The van der Waals surface area contributed by atoms with Crippen LogP contribution in [0, 0.1) is 5.41 Å². The van der Waals surface area contributed by atoms with Crippen molar-refractivity contribution >= 4 is 12.3 Å². The van der Waals surface area contributed by atoms with Crippen LogP contribution in [0.1, 0.15) is 32.8 Å². The topological polar surface area (TPSA) is 57.6 Å². The minimum atomic E-state index is -0.848. The molecule has 0 unspecified atom stereocenters. The van der Waals surface area contributed by atoms with Gasteiger partial charge in [0.15, 0.2) is 0 Å². The van der Waals surface area contributed by atoms with Crippen molar-refractivity contribution in [1.82, 2.24) is 4.90 Å². The number of carbonyl (C=O) groups excluding carboxylic acids is 1. The molecule has 1 N–H and O–H groups in total. The molecule has 0 amide bonds. The highest BCUT2D eigenvalue weighted by molar-refractivity contribution is 5.74. The molecule has 1 aromatic rings. The summed E-state index contributed by atoms with van der Waals surface area (Å²) in [7, 11) is 0. The molecule has 0 fully saturated rings. The summed E-state index contributed by atoms with van der Waals surface area (Å²) in [5, 5.41) is 9.53. The molecule has 0 aromatic heterocycles. The van der Waals surface area contributed by atoms with E-state index in [9.17, 15) is 14.7 Å². The Morgan fingerprint density at radius 1 is 1.30 bits per heavy atom. The van der Waals surface area contributed by atoms with Crippen molar-refractivity contribution in [1.29, 1.82) is 0 Å². The Hall–Kier alpha value is -1.68. The van der Waals surface area contributed by atoms with Crippen LogP contribution in [0.2, 0.25) is 0 Å². The van der Waals surface area contributed by atoms with Gasteiger partial charge in [-0.2, -0.15) is 0 Å². The summed E-state index contributed by atoms with van der Waals surface area (Å²) in [6, 6.07) is 9.10. The Morgan fingerprint density at radius 2 is 1.90 bits per heavy atom. The fourth-order valence-electron chi connectivity index (χ4n) is 2.41. The first-order valence-electron chi connectivity index (χ1n) is 6.80. The molecular weight excluding hydrogens is 254 g/mol. The molecule has 0 bridgehead atoms. The molecule has 0 saturated heterocycles. The highest BCUT2D eigenvalue weighted by atomic mass is 16.4. The Labute approximate surface area is 120 Å². The molecule has 0 spiro atoms. The van der Waals surface area contributed by atoms with Gasteiger partial charge in [-0.25, -0.2) is 0 Å². The molecule has 4 heteroatoms. The number of carboxylic acids is 1. The molecule has 1 aromatic carbocycles. The molecule has 0 aliphatic rings. The van der Waals surface area contributed by atoms with Gasteiger partial charge in [0.25, 0.3) is 0 Å². The maximum absolute atomic E-state index is 11.6. The first-order chi connectivity index (χ1) is 9.36. The number of benzene rings is 1. The van der Waals surface area contributed by atoms with Crippen molar-refractivity contribution in [3.05, 3.63) is 35.9 Å². The van der Waals surface area contributed by atoms with Gasteiger partial charge in [-0.05, 0) is 11.0 Å². The van der Waals surface area contributed by atoms with Gasteiger partial charge in [-0.3, -0.25) is 9.69 Å². The van der Waals surface area contributed by atoms with Gasteiger partial charge in [-0.1, -0.05) is 51.1 Å². The zero-order valence-corrected chi connectivity index (χ0v) is 12.4. The van der Waals surface area contributed by atoms with Crippen LogP contribution in [0.25, 0.3) is 0 Å². The molecule has 1 rings (SSSR count). The third kappa shape index (κ3) is 4.78. The second-order valence-corrected chi connectivity index (χ2v) is 6.02. The Balaban J connectivity index is 2.97. The summed E-state index contributed by atoms with van der Waals surface area (Å²) in [5.41, 5.74) is 0.651. The smallest absolute Gasteiger partial charge is 0.321 e. The fourth-order valence-corrected chi connectivity index (χ4v) is 2.41. The molecule has 0 aliphatic heterocycles. The van der Waals surface area contributed by atoms with Crippen LogP contribution in [0.4, 0.5) is 0 Å². The summed E-state index contributed by atoms with van der Waals surface area (Å²) in [5.74, 6) is -0.848. The highest BCUT2D eigenvalue weighted by Crippen LogP contribution is 2.26. The monoisotopic (exact) mass is 277 g/mol. The molecule has 110 valence electrons. The summed E-state index contributed by atoms with van der Waals surface area (Å²) < 4.78 is 0. The van der Waals surface area contributed by atoms with Gasteiger partial charge < -0.3 is 9.90 Å². The maximum Gasteiger partial charge on any atom is 0.321 e. The molecule has 0 radical (unpaired) electrons. The molecule has 0 saturated carbocycles.